The highest BCUT2D eigenvalue weighted by Gasteiger charge is 2.06. The van der Waals surface area contributed by atoms with Gasteiger partial charge in [0.1, 0.15) is 5.75 Å². The lowest BCUT2D eigenvalue weighted by Gasteiger charge is -2.04. The molecule has 2 aromatic rings. The molecule has 0 atom stereocenters. The van der Waals surface area contributed by atoms with Crippen LogP contribution in [0.15, 0.2) is 27.8 Å². The van der Waals surface area contributed by atoms with E-state index in [1.807, 2.05) is 0 Å². The third-order valence-corrected chi connectivity index (χ3v) is 2.37. The molecule has 1 heterocycles. The van der Waals surface area contributed by atoms with Crippen LogP contribution in [0.5, 0.6) is 5.75 Å². The van der Waals surface area contributed by atoms with Gasteiger partial charge in [-0.3, -0.25) is 4.79 Å². The molecule has 16 heavy (non-hydrogen) atoms. The van der Waals surface area contributed by atoms with E-state index in [2.05, 4.69) is 4.98 Å². The van der Waals surface area contributed by atoms with Gasteiger partial charge >= 0.3 is 5.69 Å². The van der Waals surface area contributed by atoms with Crippen molar-refractivity contribution in [2.24, 2.45) is 5.73 Å². The van der Waals surface area contributed by atoms with Gasteiger partial charge in [-0.2, -0.15) is 0 Å². The molecule has 0 amide bonds. The second-order valence-corrected chi connectivity index (χ2v) is 3.26. The molecule has 3 N–H and O–H groups in total. The van der Waals surface area contributed by atoms with Crippen LogP contribution in [0.25, 0.3) is 10.9 Å². The molecule has 2 rings (SSSR count). The zero-order valence-electron chi connectivity index (χ0n) is 8.69. The Hall–Kier alpha value is -2.08. The fourth-order valence-electron chi connectivity index (χ4n) is 1.52. The first kappa shape index (κ1) is 10.4. The van der Waals surface area contributed by atoms with Crippen molar-refractivity contribution in [2.45, 2.75) is 6.67 Å². The molecule has 0 saturated heterocycles. The zero-order chi connectivity index (χ0) is 11.7. The van der Waals surface area contributed by atoms with Crippen LogP contribution in [0.3, 0.4) is 0 Å². The molecule has 0 aliphatic heterocycles. The van der Waals surface area contributed by atoms with Crippen LogP contribution in [-0.2, 0) is 6.67 Å². The third kappa shape index (κ3) is 1.49. The highest BCUT2D eigenvalue weighted by Crippen LogP contribution is 2.14. The van der Waals surface area contributed by atoms with E-state index in [9.17, 15) is 9.59 Å². The molecule has 0 saturated carbocycles. The molecular formula is C10H11N3O3. The lowest BCUT2D eigenvalue weighted by molar-refractivity contribution is 0.415. The Kier molecular flexibility index (Phi) is 2.49. The Morgan fingerprint density at radius 2 is 2.19 bits per heavy atom. The number of rotatable bonds is 2. The van der Waals surface area contributed by atoms with Crippen molar-refractivity contribution < 1.29 is 4.74 Å². The number of benzene rings is 1. The molecule has 0 unspecified atom stereocenters. The van der Waals surface area contributed by atoms with Crippen molar-refractivity contribution in [1.82, 2.24) is 9.55 Å². The summed E-state index contributed by atoms with van der Waals surface area (Å²) < 4.78 is 5.94. The van der Waals surface area contributed by atoms with Crippen LogP contribution in [0.4, 0.5) is 0 Å². The van der Waals surface area contributed by atoms with Crippen LogP contribution < -0.4 is 21.7 Å². The summed E-state index contributed by atoms with van der Waals surface area (Å²) in [5, 5.41) is 0.379. The van der Waals surface area contributed by atoms with E-state index in [4.69, 9.17) is 10.5 Å². The number of aromatic nitrogens is 2. The van der Waals surface area contributed by atoms with E-state index in [0.29, 0.717) is 16.7 Å². The van der Waals surface area contributed by atoms with E-state index in [-0.39, 0.29) is 6.67 Å². The van der Waals surface area contributed by atoms with Gasteiger partial charge in [-0.1, -0.05) is 0 Å². The number of nitrogens with zero attached hydrogens (tertiary/aromatic N) is 1. The largest absolute Gasteiger partial charge is 0.497 e. The van der Waals surface area contributed by atoms with Crippen LogP contribution in [0.1, 0.15) is 0 Å². The predicted molar refractivity (Wildman–Crippen MR) is 59.6 cm³/mol. The summed E-state index contributed by atoms with van der Waals surface area (Å²) in [6.45, 7) is -0.151. The van der Waals surface area contributed by atoms with Gasteiger partial charge in [0.2, 0.25) is 0 Å². The Balaban J connectivity index is 2.89. The van der Waals surface area contributed by atoms with Crippen molar-refractivity contribution in [3.8, 4) is 5.75 Å². The molecule has 1 aromatic heterocycles. The number of fused-ring (bicyclic) bond motifs is 1. The van der Waals surface area contributed by atoms with E-state index in [1.54, 1.807) is 18.2 Å². The van der Waals surface area contributed by atoms with Gasteiger partial charge in [0.05, 0.1) is 24.7 Å². The molecule has 0 bridgehead atoms. The quantitative estimate of drug-likeness (QED) is 0.723. The Bertz CT molecular complexity index is 642. The van der Waals surface area contributed by atoms with Crippen LogP contribution in [0, 0.1) is 0 Å². The second kappa shape index (κ2) is 3.82. The number of H-pyrrole nitrogens is 1. The molecule has 0 aliphatic rings. The summed E-state index contributed by atoms with van der Waals surface area (Å²) in [5.41, 5.74) is 4.87. The minimum atomic E-state index is -0.509. The molecule has 0 radical (unpaired) electrons. The SMILES string of the molecule is COc1ccc2[nH]c(=O)n(CN)c(=O)c2c1. The van der Waals surface area contributed by atoms with E-state index < -0.39 is 11.2 Å². The van der Waals surface area contributed by atoms with Gasteiger partial charge in [0.15, 0.2) is 0 Å². The lowest BCUT2D eigenvalue weighted by atomic mass is 10.2. The minimum Gasteiger partial charge on any atom is -0.497 e. The minimum absolute atomic E-state index is 0.151. The summed E-state index contributed by atoms with van der Waals surface area (Å²) in [5.74, 6) is 0.556. The standard InChI is InChI=1S/C10H11N3O3/c1-16-6-2-3-8-7(4-6)9(14)13(5-11)10(15)12-8/h2-4H,5,11H2,1H3,(H,12,15). The molecule has 0 fully saturated rings. The van der Waals surface area contributed by atoms with Crippen molar-refractivity contribution in [3.63, 3.8) is 0 Å². The lowest BCUT2D eigenvalue weighted by Crippen LogP contribution is -2.37. The number of methoxy groups -OCH3 is 1. The summed E-state index contributed by atoms with van der Waals surface area (Å²) in [7, 11) is 1.51. The van der Waals surface area contributed by atoms with Crippen LogP contribution in [-0.4, -0.2) is 16.7 Å². The monoisotopic (exact) mass is 221 g/mol. The maximum atomic E-state index is 11.9. The van der Waals surface area contributed by atoms with Gasteiger partial charge in [0, 0.05) is 0 Å². The molecule has 6 nitrogen and oxygen atoms in total. The number of nitrogens with two attached hydrogens (primary N) is 1. The first-order chi connectivity index (χ1) is 7.67. The fraction of sp³-hybridized carbons (Fsp3) is 0.200. The molecule has 6 heteroatoms. The third-order valence-electron chi connectivity index (χ3n) is 2.37. The normalized spacial score (nSPS) is 10.6. The number of hydrogen-bond acceptors (Lipinski definition) is 4. The maximum absolute atomic E-state index is 11.9. The first-order valence-corrected chi connectivity index (χ1v) is 4.68. The number of aromatic amines is 1. The van der Waals surface area contributed by atoms with Gasteiger partial charge in [0.25, 0.3) is 5.56 Å². The van der Waals surface area contributed by atoms with Crippen molar-refractivity contribution in [2.75, 3.05) is 7.11 Å². The molecule has 0 spiro atoms. The first-order valence-electron chi connectivity index (χ1n) is 4.68. The van der Waals surface area contributed by atoms with Crippen molar-refractivity contribution in [1.29, 1.82) is 0 Å². The Labute approximate surface area is 90.3 Å². The van der Waals surface area contributed by atoms with E-state index >= 15 is 0 Å². The van der Waals surface area contributed by atoms with E-state index in [1.165, 1.54) is 7.11 Å². The van der Waals surface area contributed by atoms with Crippen molar-refractivity contribution in [3.05, 3.63) is 39.0 Å². The number of hydrogen-bond donors (Lipinski definition) is 2. The number of nitrogens with one attached hydrogen (secondary N) is 1. The average molecular weight is 221 g/mol. The fourth-order valence-corrected chi connectivity index (χ4v) is 1.52. The van der Waals surface area contributed by atoms with Gasteiger partial charge in [-0.25, -0.2) is 9.36 Å². The van der Waals surface area contributed by atoms with Gasteiger partial charge < -0.3 is 15.5 Å². The molecule has 0 aliphatic carbocycles. The molecule has 1 aromatic carbocycles. The predicted octanol–water partition coefficient (Wildman–Crippen LogP) is -0.385. The summed E-state index contributed by atoms with van der Waals surface area (Å²) >= 11 is 0. The highest BCUT2D eigenvalue weighted by molar-refractivity contribution is 5.78. The Morgan fingerprint density at radius 1 is 1.44 bits per heavy atom. The van der Waals surface area contributed by atoms with Gasteiger partial charge in [-0.05, 0) is 18.2 Å². The average Bonchev–Trinajstić information content (AvgIpc) is 2.29. The zero-order valence-corrected chi connectivity index (χ0v) is 8.69. The molecular weight excluding hydrogens is 210 g/mol. The molecule has 84 valence electrons. The smallest absolute Gasteiger partial charge is 0.329 e. The van der Waals surface area contributed by atoms with Crippen molar-refractivity contribution >= 4 is 10.9 Å². The number of ether oxygens (including phenoxy) is 1. The summed E-state index contributed by atoms with van der Waals surface area (Å²) in [6.07, 6.45) is 0. The Morgan fingerprint density at radius 3 is 2.81 bits per heavy atom. The van der Waals surface area contributed by atoms with Crippen LogP contribution in [0.2, 0.25) is 0 Å². The van der Waals surface area contributed by atoms with Crippen LogP contribution >= 0.6 is 0 Å². The maximum Gasteiger partial charge on any atom is 0.329 e. The summed E-state index contributed by atoms with van der Waals surface area (Å²) in [4.78, 5) is 25.9. The van der Waals surface area contributed by atoms with Gasteiger partial charge in [-0.15, -0.1) is 0 Å². The highest BCUT2D eigenvalue weighted by atomic mass is 16.5. The second-order valence-electron chi connectivity index (χ2n) is 3.26. The summed E-state index contributed by atoms with van der Waals surface area (Å²) in [6, 6.07) is 4.86. The van der Waals surface area contributed by atoms with E-state index in [0.717, 1.165) is 4.57 Å². The topological polar surface area (TPSA) is 90.1 Å².